The van der Waals surface area contributed by atoms with E-state index in [4.69, 9.17) is 0 Å². The van der Waals surface area contributed by atoms with Gasteiger partial charge < -0.3 is 10.2 Å². The van der Waals surface area contributed by atoms with Crippen LogP contribution in [0.25, 0.3) is 6.08 Å². The van der Waals surface area contributed by atoms with Crippen molar-refractivity contribution in [3.8, 4) is 0 Å². The molecule has 1 aromatic rings. The predicted molar refractivity (Wildman–Crippen MR) is 66.9 cm³/mol. The van der Waals surface area contributed by atoms with Gasteiger partial charge in [-0.3, -0.25) is 0 Å². The highest BCUT2D eigenvalue weighted by molar-refractivity contribution is 5.55. The van der Waals surface area contributed by atoms with E-state index in [1.54, 1.807) is 0 Å². The van der Waals surface area contributed by atoms with Crippen molar-refractivity contribution in [2.24, 2.45) is 0 Å². The number of nitrogens with one attached hydrogen (secondary N) is 1. The first-order chi connectivity index (χ1) is 7.93. The number of rotatable bonds is 1. The minimum Gasteiger partial charge on any atom is -0.369 e. The van der Waals surface area contributed by atoms with Crippen molar-refractivity contribution in [3.05, 3.63) is 41.6 Å². The van der Waals surface area contributed by atoms with Crippen LogP contribution in [0.4, 0.5) is 0 Å². The minimum atomic E-state index is 0.679. The molecule has 0 radical (unpaired) electrons. The summed E-state index contributed by atoms with van der Waals surface area (Å²) in [6.45, 7) is 3.39. The van der Waals surface area contributed by atoms with Crippen molar-refractivity contribution in [3.63, 3.8) is 0 Å². The zero-order valence-electron chi connectivity index (χ0n) is 9.52. The molecule has 84 valence electrons. The van der Waals surface area contributed by atoms with Gasteiger partial charge in [0.25, 0.3) is 0 Å². The first kappa shape index (κ1) is 9.91. The Morgan fingerprint density at radius 3 is 3.06 bits per heavy atom. The zero-order chi connectivity index (χ0) is 10.8. The fourth-order valence-corrected chi connectivity index (χ4v) is 2.63. The van der Waals surface area contributed by atoms with Crippen LogP contribution in [0.2, 0.25) is 0 Å². The Morgan fingerprint density at radius 2 is 2.19 bits per heavy atom. The topological polar surface area (TPSA) is 15.3 Å². The lowest BCUT2D eigenvalue weighted by Crippen LogP contribution is -2.43. The van der Waals surface area contributed by atoms with E-state index in [-0.39, 0.29) is 0 Å². The van der Waals surface area contributed by atoms with Gasteiger partial charge in [-0.1, -0.05) is 24.3 Å². The molecule has 1 N–H and O–H groups in total. The van der Waals surface area contributed by atoms with E-state index < -0.39 is 0 Å². The molecule has 1 unspecified atom stereocenters. The maximum Gasteiger partial charge on any atom is 0.0433 e. The number of nitrogens with zero attached hydrogens (tertiary/aromatic N) is 1. The van der Waals surface area contributed by atoms with Crippen molar-refractivity contribution < 1.29 is 0 Å². The smallest absolute Gasteiger partial charge is 0.0433 e. The van der Waals surface area contributed by atoms with E-state index in [1.807, 2.05) is 0 Å². The first-order valence-electron chi connectivity index (χ1n) is 6.16. The van der Waals surface area contributed by atoms with Gasteiger partial charge in [0.1, 0.15) is 0 Å². The normalized spacial score (nSPS) is 24.2. The lowest BCUT2D eigenvalue weighted by Gasteiger charge is -2.36. The molecule has 1 aromatic carbocycles. The van der Waals surface area contributed by atoms with Crippen LogP contribution in [0.15, 0.2) is 30.5 Å². The monoisotopic (exact) mass is 214 g/mol. The van der Waals surface area contributed by atoms with Gasteiger partial charge in [-0.15, -0.1) is 0 Å². The Balaban J connectivity index is 1.77. The second-order valence-electron chi connectivity index (χ2n) is 4.69. The summed E-state index contributed by atoms with van der Waals surface area (Å²) in [6, 6.07) is 9.36. The number of fused-ring (bicyclic) bond motifs is 1. The molecular formula is C14H18N2. The van der Waals surface area contributed by atoms with Crippen molar-refractivity contribution in [1.82, 2.24) is 10.2 Å². The minimum absolute atomic E-state index is 0.679. The zero-order valence-corrected chi connectivity index (χ0v) is 9.52. The average molecular weight is 214 g/mol. The molecule has 1 atom stereocenters. The molecule has 16 heavy (non-hydrogen) atoms. The number of hydrogen-bond acceptors (Lipinski definition) is 2. The van der Waals surface area contributed by atoms with E-state index in [2.05, 4.69) is 46.8 Å². The molecule has 0 bridgehead atoms. The van der Waals surface area contributed by atoms with Crippen molar-refractivity contribution in [1.29, 1.82) is 0 Å². The first-order valence-corrected chi connectivity index (χ1v) is 6.16. The molecule has 0 aromatic heterocycles. The molecule has 2 aliphatic heterocycles. The van der Waals surface area contributed by atoms with E-state index in [0.29, 0.717) is 6.04 Å². The van der Waals surface area contributed by atoms with Crippen LogP contribution in [-0.2, 0) is 6.54 Å². The van der Waals surface area contributed by atoms with Crippen LogP contribution in [0.3, 0.4) is 0 Å². The van der Waals surface area contributed by atoms with Crippen molar-refractivity contribution >= 4 is 6.08 Å². The molecule has 0 spiro atoms. The fraction of sp³-hybridized carbons (Fsp3) is 0.429. The summed E-state index contributed by atoms with van der Waals surface area (Å²) in [5.41, 5.74) is 2.83. The molecule has 0 aliphatic carbocycles. The molecule has 2 aliphatic rings. The third-order valence-electron chi connectivity index (χ3n) is 3.59. The van der Waals surface area contributed by atoms with Crippen molar-refractivity contribution in [2.45, 2.75) is 25.4 Å². The molecule has 3 rings (SSSR count). The van der Waals surface area contributed by atoms with Crippen LogP contribution in [-0.4, -0.2) is 24.0 Å². The maximum absolute atomic E-state index is 3.48. The summed E-state index contributed by atoms with van der Waals surface area (Å²) in [6.07, 6.45) is 7.13. The largest absolute Gasteiger partial charge is 0.369 e. The highest BCUT2D eigenvalue weighted by Crippen LogP contribution is 2.23. The van der Waals surface area contributed by atoms with Gasteiger partial charge in [-0.25, -0.2) is 0 Å². The number of hydrogen-bond donors (Lipinski definition) is 1. The standard InChI is InChI=1S/C14H18N2/c1-2-5-13-11-16(9-7-12(13)4-1)14-6-3-8-15-10-14/h1-2,4-5,7,9,14-15H,3,6,8,10-11H2. The lowest BCUT2D eigenvalue weighted by molar-refractivity contribution is 0.222. The van der Waals surface area contributed by atoms with E-state index in [0.717, 1.165) is 13.1 Å². The highest BCUT2D eigenvalue weighted by atomic mass is 15.2. The van der Waals surface area contributed by atoms with Gasteiger partial charge in [0, 0.05) is 25.3 Å². The third-order valence-corrected chi connectivity index (χ3v) is 3.59. The van der Waals surface area contributed by atoms with Gasteiger partial charge in [0.05, 0.1) is 0 Å². The average Bonchev–Trinajstić information content (AvgIpc) is 2.39. The second-order valence-corrected chi connectivity index (χ2v) is 4.69. The van der Waals surface area contributed by atoms with Gasteiger partial charge >= 0.3 is 0 Å². The molecule has 0 amide bonds. The van der Waals surface area contributed by atoms with Crippen LogP contribution in [0.5, 0.6) is 0 Å². The Hall–Kier alpha value is -1.28. The molecule has 0 saturated carbocycles. The molecule has 1 saturated heterocycles. The highest BCUT2D eigenvalue weighted by Gasteiger charge is 2.20. The van der Waals surface area contributed by atoms with E-state index in [9.17, 15) is 0 Å². The van der Waals surface area contributed by atoms with Crippen LogP contribution < -0.4 is 5.32 Å². The lowest BCUT2D eigenvalue weighted by atomic mass is 10.0. The molecular weight excluding hydrogens is 196 g/mol. The fourth-order valence-electron chi connectivity index (χ4n) is 2.63. The van der Waals surface area contributed by atoms with Crippen LogP contribution in [0, 0.1) is 0 Å². The summed E-state index contributed by atoms with van der Waals surface area (Å²) in [5.74, 6) is 0. The SMILES string of the molecule is C1=CN(C2CCCNC2)Cc2ccccc21. The van der Waals surface area contributed by atoms with Gasteiger partial charge in [-0.2, -0.15) is 0 Å². The maximum atomic E-state index is 3.48. The Bertz CT molecular complexity index is 391. The molecule has 1 fully saturated rings. The Labute approximate surface area is 97.0 Å². The van der Waals surface area contributed by atoms with Crippen LogP contribution in [0.1, 0.15) is 24.0 Å². The molecule has 2 heterocycles. The summed E-state index contributed by atoms with van der Waals surface area (Å²) < 4.78 is 0. The summed E-state index contributed by atoms with van der Waals surface area (Å²) in [5, 5.41) is 3.48. The summed E-state index contributed by atoms with van der Waals surface area (Å²) in [7, 11) is 0. The van der Waals surface area contributed by atoms with Gasteiger partial charge in [-0.05, 0) is 36.6 Å². The summed E-state index contributed by atoms with van der Waals surface area (Å²) in [4.78, 5) is 2.48. The van der Waals surface area contributed by atoms with E-state index in [1.165, 1.54) is 30.5 Å². The Morgan fingerprint density at radius 1 is 1.25 bits per heavy atom. The second kappa shape index (κ2) is 4.30. The van der Waals surface area contributed by atoms with E-state index >= 15 is 0 Å². The number of piperidine rings is 1. The van der Waals surface area contributed by atoms with Gasteiger partial charge in [0.2, 0.25) is 0 Å². The molecule has 2 nitrogen and oxygen atoms in total. The van der Waals surface area contributed by atoms with Crippen molar-refractivity contribution in [2.75, 3.05) is 13.1 Å². The quantitative estimate of drug-likeness (QED) is 0.771. The Kier molecular flexibility index (Phi) is 2.66. The summed E-state index contributed by atoms with van der Waals surface area (Å²) >= 11 is 0. The van der Waals surface area contributed by atoms with Crippen LogP contribution >= 0.6 is 0 Å². The third kappa shape index (κ3) is 1.85. The number of benzene rings is 1. The molecule has 2 heteroatoms. The predicted octanol–water partition coefficient (Wildman–Crippen LogP) is 2.22. The van der Waals surface area contributed by atoms with Gasteiger partial charge in [0.15, 0.2) is 0 Å².